The average molecular weight is 318 g/mol. The molecule has 4 nitrogen and oxygen atoms in total. The average Bonchev–Trinajstić information content (AvgIpc) is 2.65. The van der Waals surface area contributed by atoms with Crippen molar-refractivity contribution in [2.45, 2.75) is 6.04 Å². The maximum absolute atomic E-state index is 12.2. The van der Waals surface area contributed by atoms with Crippen LogP contribution in [0.3, 0.4) is 0 Å². The number of fused-ring (bicyclic) bond motifs is 1. The fourth-order valence-corrected chi connectivity index (χ4v) is 2.57. The molecule has 4 heteroatoms. The van der Waals surface area contributed by atoms with E-state index >= 15 is 0 Å². The van der Waals surface area contributed by atoms with Gasteiger partial charge in [-0.3, -0.25) is 9.78 Å². The highest BCUT2D eigenvalue weighted by atomic mass is 16.3. The maximum atomic E-state index is 12.2. The second kappa shape index (κ2) is 7.53. The first-order chi connectivity index (χ1) is 11.8. The van der Waals surface area contributed by atoms with Crippen molar-refractivity contribution in [1.29, 1.82) is 0 Å². The fourth-order valence-electron chi connectivity index (χ4n) is 2.57. The lowest BCUT2D eigenvalue weighted by molar-refractivity contribution is -0.117. The number of hydrogen-bond acceptors (Lipinski definition) is 3. The SMILES string of the molecule is O=C(/C=C/c1cccc2cccnc12)NC(CO)c1ccccc1. The van der Waals surface area contributed by atoms with Crippen LogP contribution in [-0.4, -0.2) is 22.6 Å². The van der Waals surface area contributed by atoms with Crippen molar-refractivity contribution < 1.29 is 9.90 Å². The molecular formula is C20H18N2O2. The van der Waals surface area contributed by atoms with Crippen molar-refractivity contribution in [2.75, 3.05) is 6.61 Å². The molecule has 2 N–H and O–H groups in total. The Balaban J connectivity index is 1.75. The van der Waals surface area contributed by atoms with Gasteiger partial charge in [-0.2, -0.15) is 0 Å². The van der Waals surface area contributed by atoms with Gasteiger partial charge >= 0.3 is 0 Å². The number of benzene rings is 2. The maximum Gasteiger partial charge on any atom is 0.244 e. The van der Waals surface area contributed by atoms with Gasteiger partial charge in [-0.05, 0) is 17.7 Å². The number of carbonyl (C=O) groups excluding carboxylic acids is 1. The van der Waals surface area contributed by atoms with E-state index in [0.717, 1.165) is 22.0 Å². The van der Waals surface area contributed by atoms with E-state index in [1.54, 1.807) is 12.3 Å². The van der Waals surface area contributed by atoms with Gasteiger partial charge in [0, 0.05) is 23.2 Å². The molecule has 1 heterocycles. The highest BCUT2D eigenvalue weighted by molar-refractivity contribution is 5.95. The van der Waals surface area contributed by atoms with Crippen molar-refractivity contribution in [1.82, 2.24) is 10.3 Å². The molecule has 3 rings (SSSR count). The van der Waals surface area contributed by atoms with E-state index in [9.17, 15) is 9.90 Å². The highest BCUT2D eigenvalue weighted by Crippen LogP contribution is 2.17. The molecule has 0 bridgehead atoms. The first-order valence-corrected chi connectivity index (χ1v) is 7.76. The fraction of sp³-hybridized carbons (Fsp3) is 0.100. The summed E-state index contributed by atoms with van der Waals surface area (Å²) in [5.74, 6) is -0.258. The van der Waals surface area contributed by atoms with Crippen LogP contribution in [0.15, 0.2) is 72.9 Å². The van der Waals surface area contributed by atoms with E-state index in [2.05, 4.69) is 10.3 Å². The molecule has 0 fully saturated rings. The number of aliphatic hydroxyl groups is 1. The molecule has 0 saturated carbocycles. The molecule has 3 aromatic rings. The Kier molecular flexibility index (Phi) is 4.99. The minimum absolute atomic E-state index is 0.153. The van der Waals surface area contributed by atoms with Gasteiger partial charge in [-0.1, -0.05) is 54.6 Å². The highest BCUT2D eigenvalue weighted by Gasteiger charge is 2.11. The molecule has 24 heavy (non-hydrogen) atoms. The van der Waals surface area contributed by atoms with Gasteiger partial charge in [0.25, 0.3) is 0 Å². The van der Waals surface area contributed by atoms with E-state index in [1.165, 1.54) is 6.08 Å². The third kappa shape index (κ3) is 3.67. The van der Waals surface area contributed by atoms with Crippen LogP contribution >= 0.6 is 0 Å². The Morgan fingerprint density at radius 1 is 1.08 bits per heavy atom. The third-order valence-electron chi connectivity index (χ3n) is 3.78. The zero-order valence-corrected chi connectivity index (χ0v) is 13.1. The summed E-state index contributed by atoms with van der Waals surface area (Å²) in [6, 6.07) is 18.7. The number of nitrogens with one attached hydrogen (secondary N) is 1. The van der Waals surface area contributed by atoms with Gasteiger partial charge in [-0.15, -0.1) is 0 Å². The summed E-state index contributed by atoms with van der Waals surface area (Å²) in [6.45, 7) is -0.153. The Labute approximate surface area is 140 Å². The second-order valence-corrected chi connectivity index (χ2v) is 5.41. The number of para-hydroxylation sites is 1. The first kappa shape index (κ1) is 15.9. The molecule has 1 amide bonds. The minimum atomic E-state index is -0.422. The summed E-state index contributed by atoms with van der Waals surface area (Å²) in [5.41, 5.74) is 2.60. The van der Waals surface area contributed by atoms with Gasteiger partial charge in [0.1, 0.15) is 0 Å². The molecule has 0 aliphatic heterocycles. The molecular weight excluding hydrogens is 300 g/mol. The van der Waals surface area contributed by atoms with Crippen LogP contribution in [0.25, 0.3) is 17.0 Å². The standard InChI is InChI=1S/C20H18N2O2/c23-14-18(15-6-2-1-3-7-15)22-19(24)12-11-17-9-4-8-16-10-5-13-21-20(16)17/h1-13,18,23H,14H2,(H,22,24)/b12-11+. The number of nitrogens with zero attached hydrogens (tertiary/aromatic N) is 1. The summed E-state index contributed by atoms with van der Waals surface area (Å²) in [6.07, 6.45) is 4.94. The minimum Gasteiger partial charge on any atom is -0.394 e. The third-order valence-corrected chi connectivity index (χ3v) is 3.78. The zero-order valence-electron chi connectivity index (χ0n) is 13.1. The lowest BCUT2D eigenvalue weighted by Crippen LogP contribution is -2.29. The molecule has 1 aromatic heterocycles. The summed E-state index contributed by atoms with van der Waals surface area (Å²) in [5, 5.41) is 13.3. The lowest BCUT2D eigenvalue weighted by atomic mass is 10.1. The number of carbonyl (C=O) groups is 1. The summed E-state index contributed by atoms with van der Waals surface area (Å²) >= 11 is 0. The number of amides is 1. The molecule has 0 aliphatic carbocycles. The summed E-state index contributed by atoms with van der Waals surface area (Å²) in [7, 11) is 0. The van der Waals surface area contributed by atoms with Crippen molar-refractivity contribution in [3.8, 4) is 0 Å². The number of aromatic nitrogens is 1. The normalized spacial score (nSPS) is 12.4. The van der Waals surface area contributed by atoms with Crippen LogP contribution in [0, 0.1) is 0 Å². The van der Waals surface area contributed by atoms with E-state index < -0.39 is 6.04 Å². The molecule has 0 radical (unpaired) electrons. The van der Waals surface area contributed by atoms with Gasteiger partial charge in [0.05, 0.1) is 18.2 Å². The van der Waals surface area contributed by atoms with E-state index in [0.29, 0.717) is 0 Å². The zero-order chi connectivity index (χ0) is 16.8. The molecule has 0 aliphatic rings. The topological polar surface area (TPSA) is 62.2 Å². The molecule has 1 unspecified atom stereocenters. The van der Waals surface area contributed by atoms with Crippen LogP contribution in [-0.2, 0) is 4.79 Å². The number of aliphatic hydroxyl groups excluding tert-OH is 1. The predicted molar refractivity (Wildman–Crippen MR) is 95.2 cm³/mol. The van der Waals surface area contributed by atoms with Gasteiger partial charge in [0.2, 0.25) is 5.91 Å². The van der Waals surface area contributed by atoms with E-state index in [1.807, 2.05) is 60.7 Å². The monoisotopic (exact) mass is 318 g/mol. The summed E-state index contributed by atoms with van der Waals surface area (Å²) in [4.78, 5) is 16.5. The predicted octanol–water partition coefficient (Wildman–Crippen LogP) is 3.10. The molecule has 120 valence electrons. The van der Waals surface area contributed by atoms with Gasteiger partial charge in [-0.25, -0.2) is 0 Å². The Morgan fingerprint density at radius 2 is 1.88 bits per heavy atom. The van der Waals surface area contributed by atoms with Gasteiger partial charge in [0.15, 0.2) is 0 Å². The van der Waals surface area contributed by atoms with Crippen LogP contribution < -0.4 is 5.32 Å². The number of pyridine rings is 1. The molecule has 2 aromatic carbocycles. The number of hydrogen-bond donors (Lipinski definition) is 2. The summed E-state index contributed by atoms with van der Waals surface area (Å²) < 4.78 is 0. The van der Waals surface area contributed by atoms with Crippen LogP contribution in [0.5, 0.6) is 0 Å². The lowest BCUT2D eigenvalue weighted by Gasteiger charge is -2.15. The number of rotatable bonds is 5. The van der Waals surface area contributed by atoms with Crippen molar-refractivity contribution in [3.05, 3.63) is 84.1 Å². The quantitative estimate of drug-likeness (QED) is 0.711. The van der Waals surface area contributed by atoms with Crippen LogP contribution in [0.2, 0.25) is 0 Å². The van der Waals surface area contributed by atoms with E-state index in [4.69, 9.17) is 0 Å². The largest absolute Gasteiger partial charge is 0.394 e. The second-order valence-electron chi connectivity index (χ2n) is 5.41. The van der Waals surface area contributed by atoms with Crippen LogP contribution in [0.1, 0.15) is 17.2 Å². The first-order valence-electron chi connectivity index (χ1n) is 7.76. The molecule has 1 atom stereocenters. The van der Waals surface area contributed by atoms with E-state index in [-0.39, 0.29) is 12.5 Å². The Bertz CT molecular complexity index is 854. The van der Waals surface area contributed by atoms with Crippen molar-refractivity contribution in [3.63, 3.8) is 0 Å². The van der Waals surface area contributed by atoms with Gasteiger partial charge < -0.3 is 10.4 Å². The van der Waals surface area contributed by atoms with Crippen molar-refractivity contribution >= 4 is 22.9 Å². The Hall–Kier alpha value is -2.98. The smallest absolute Gasteiger partial charge is 0.244 e. The molecule has 0 spiro atoms. The molecule has 0 saturated heterocycles. The Morgan fingerprint density at radius 3 is 2.67 bits per heavy atom. The van der Waals surface area contributed by atoms with Crippen molar-refractivity contribution in [2.24, 2.45) is 0 Å². The van der Waals surface area contributed by atoms with Crippen LogP contribution in [0.4, 0.5) is 0 Å².